The number of rotatable bonds is 30. The summed E-state index contributed by atoms with van der Waals surface area (Å²) < 4.78 is 22.9. The van der Waals surface area contributed by atoms with Crippen LogP contribution in [0.5, 0.6) is 23.0 Å². The normalized spacial score (nSPS) is 10.9. The van der Waals surface area contributed by atoms with Gasteiger partial charge in [0.15, 0.2) is 0 Å². The fourth-order valence-electron chi connectivity index (χ4n) is 6.78. The Balaban J connectivity index is 1.11. The van der Waals surface area contributed by atoms with Crippen molar-refractivity contribution in [3.63, 3.8) is 0 Å². The number of nitrogens with one attached hydrogen (secondary N) is 1. The summed E-state index contributed by atoms with van der Waals surface area (Å²) in [6.07, 6.45) is 25.5. The molecule has 4 rings (SSSR count). The Bertz CT molecular complexity index is 1770. The highest BCUT2D eigenvalue weighted by molar-refractivity contribution is 6.04. The molecule has 0 saturated heterocycles. The molecule has 0 aliphatic rings. The lowest BCUT2D eigenvalue weighted by Gasteiger charge is -2.10. The van der Waals surface area contributed by atoms with Crippen molar-refractivity contribution < 1.29 is 33.3 Å². The Morgan fingerprint density at radius 2 is 0.780 bits per heavy atom. The van der Waals surface area contributed by atoms with Crippen LogP contribution in [0.3, 0.4) is 0 Å². The summed E-state index contributed by atoms with van der Waals surface area (Å²) in [6.45, 7) is 5.81. The Labute approximate surface area is 353 Å². The van der Waals surface area contributed by atoms with Gasteiger partial charge in [-0.3, -0.25) is 4.79 Å². The maximum atomic E-state index is 13.0. The average Bonchev–Trinajstić information content (AvgIpc) is 3.25. The van der Waals surface area contributed by atoms with E-state index in [2.05, 4.69) is 19.2 Å². The maximum Gasteiger partial charge on any atom is 0.343 e. The van der Waals surface area contributed by atoms with Crippen LogP contribution in [0.15, 0.2) is 97.1 Å². The van der Waals surface area contributed by atoms with Crippen LogP contribution in [-0.2, 0) is 0 Å². The third-order valence-corrected chi connectivity index (χ3v) is 10.3. The van der Waals surface area contributed by atoms with Gasteiger partial charge in [0.25, 0.3) is 5.91 Å². The summed E-state index contributed by atoms with van der Waals surface area (Å²) in [5.74, 6) is 0.657. The molecule has 8 heteroatoms. The van der Waals surface area contributed by atoms with E-state index in [1.807, 2.05) is 24.3 Å². The number of hydrogen-bond acceptors (Lipinski definition) is 7. The zero-order valence-electron chi connectivity index (χ0n) is 35.7. The van der Waals surface area contributed by atoms with Crippen molar-refractivity contribution in [3.8, 4) is 23.0 Å². The number of anilines is 1. The van der Waals surface area contributed by atoms with Gasteiger partial charge in [0, 0.05) is 17.3 Å². The van der Waals surface area contributed by atoms with Gasteiger partial charge in [-0.1, -0.05) is 135 Å². The largest absolute Gasteiger partial charge is 0.494 e. The summed E-state index contributed by atoms with van der Waals surface area (Å²) in [5, 5.41) is 2.91. The molecule has 0 aliphatic carbocycles. The van der Waals surface area contributed by atoms with E-state index in [9.17, 15) is 14.4 Å². The van der Waals surface area contributed by atoms with Gasteiger partial charge in [-0.15, -0.1) is 0 Å². The van der Waals surface area contributed by atoms with Crippen molar-refractivity contribution in [2.75, 3.05) is 18.5 Å². The average molecular weight is 806 g/mol. The number of amides is 1. The van der Waals surface area contributed by atoms with Crippen molar-refractivity contribution in [2.45, 2.75) is 142 Å². The molecule has 0 fully saturated rings. The summed E-state index contributed by atoms with van der Waals surface area (Å²) in [5.41, 5.74) is 1.73. The van der Waals surface area contributed by atoms with Crippen LogP contribution in [0.25, 0.3) is 0 Å². The minimum atomic E-state index is -0.580. The van der Waals surface area contributed by atoms with E-state index in [0.29, 0.717) is 41.5 Å². The molecule has 59 heavy (non-hydrogen) atoms. The van der Waals surface area contributed by atoms with E-state index in [1.54, 1.807) is 60.7 Å². The second-order valence-electron chi connectivity index (χ2n) is 15.4. The Kier molecular flexibility index (Phi) is 22.4. The lowest BCUT2D eigenvalue weighted by Crippen LogP contribution is -2.12. The van der Waals surface area contributed by atoms with Crippen LogP contribution in [0, 0.1) is 0 Å². The molecule has 318 valence electrons. The summed E-state index contributed by atoms with van der Waals surface area (Å²) in [6, 6.07) is 26.8. The minimum Gasteiger partial charge on any atom is -0.494 e. The zero-order valence-corrected chi connectivity index (χ0v) is 35.7. The smallest absolute Gasteiger partial charge is 0.343 e. The molecule has 0 radical (unpaired) electrons. The second kappa shape index (κ2) is 28.3. The molecule has 0 saturated carbocycles. The van der Waals surface area contributed by atoms with Gasteiger partial charge < -0.3 is 24.3 Å². The van der Waals surface area contributed by atoms with Crippen LogP contribution in [0.1, 0.15) is 173 Å². The Hall–Kier alpha value is -5.11. The highest BCUT2D eigenvalue weighted by Crippen LogP contribution is 2.22. The van der Waals surface area contributed by atoms with Crippen molar-refractivity contribution in [3.05, 3.63) is 114 Å². The van der Waals surface area contributed by atoms with Crippen molar-refractivity contribution in [2.24, 2.45) is 0 Å². The molecule has 1 N–H and O–H groups in total. The molecular formula is C51H67NO7. The summed E-state index contributed by atoms with van der Waals surface area (Å²) in [4.78, 5) is 38.6. The molecule has 0 atom stereocenters. The van der Waals surface area contributed by atoms with E-state index in [0.717, 1.165) is 37.2 Å². The van der Waals surface area contributed by atoms with Crippen LogP contribution in [0.4, 0.5) is 5.69 Å². The number of esters is 2. The molecule has 0 heterocycles. The number of unbranched alkanes of at least 4 members (excludes halogenated alkanes) is 18. The van der Waals surface area contributed by atoms with E-state index < -0.39 is 11.9 Å². The Morgan fingerprint density at radius 3 is 1.22 bits per heavy atom. The molecule has 4 aromatic carbocycles. The lowest BCUT2D eigenvalue weighted by atomic mass is 10.1. The third-order valence-electron chi connectivity index (χ3n) is 10.3. The quantitative estimate of drug-likeness (QED) is 0.0318. The number of ether oxygens (including phenoxy) is 4. The fraction of sp³-hybridized carbons (Fsp3) is 0.471. The first kappa shape index (κ1) is 46.6. The number of benzene rings is 4. The van der Waals surface area contributed by atoms with Gasteiger partial charge in [0.1, 0.15) is 23.0 Å². The highest BCUT2D eigenvalue weighted by Gasteiger charge is 2.13. The molecule has 8 nitrogen and oxygen atoms in total. The van der Waals surface area contributed by atoms with Crippen molar-refractivity contribution in [1.82, 2.24) is 0 Å². The van der Waals surface area contributed by atoms with E-state index in [4.69, 9.17) is 18.9 Å². The molecule has 0 aliphatic heterocycles. The highest BCUT2D eigenvalue weighted by atomic mass is 16.5. The van der Waals surface area contributed by atoms with Crippen LogP contribution in [0.2, 0.25) is 0 Å². The van der Waals surface area contributed by atoms with Crippen molar-refractivity contribution >= 4 is 23.5 Å². The molecule has 0 spiro atoms. The molecule has 0 unspecified atom stereocenters. The minimum absolute atomic E-state index is 0.283. The van der Waals surface area contributed by atoms with Gasteiger partial charge >= 0.3 is 11.9 Å². The van der Waals surface area contributed by atoms with Gasteiger partial charge in [-0.2, -0.15) is 0 Å². The maximum absolute atomic E-state index is 13.0. The standard InChI is InChI=1S/C51H67NO7/c1-3-5-7-9-11-13-15-17-19-21-38-56-45-32-28-42(29-33-45)50(54)59-47-36-30-43(31-37-47)51(55)58-46-34-26-41(27-35-46)49(53)52-44-24-23-25-48(40-44)57-39-22-20-18-16-14-12-10-8-6-4-2/h23-37,40H,3-22,38-39H2,1-2H3,(H,52,53). The molecular weight excluding hydrogens is 739 g/mol. The van der Waals surface area contributed by atoms with E-state index in [1.165, 1.54) is 115 Å². The van der Waals surface area contributed by atoms with Crippen molar-refractivity contribution in [1.29, 1.82) is 0 Å². The SMILES string of the molecule is CCCCCCCCCCCCOc1ccc(C(=O)Oc2ccc(C(=O)Oc3ccc(C(=O)Nc4cccc(OCCCCCCCCCCCC)c4)cc3)cc2)cc1. The predicted molar refractivity (Wildman–Crippen MR) is 238 cm³/mol. The van der Waals surface area contributed by atoms with Crippen LogP contribution >= 0.6 is 0 Å². The van der Waals surface area contributed by atoms with Gasteiger partial charge in [0.05, 0.1) is 24.3 Å². The molecule has 0 aromatic heterocycles. The predicted octanol–water partition coefficient (Wildman–Crippen LogP) is 14.0. The monoisotopic (exact) mass is 805 g/mol. The lowest BCUT2D eigenvalue weighted by molar-refractivity contribution is 0.0730. The first-order valence-electron chi connectivity index (χ1n) is 22.4. The summed E-state index contributed by atoms with van der Waals surface area (Å²) >= 11 is 0. The van der Waals surface area contributed by atoms with Gasteiger partial charge in [-0.25, -0.2) is 9.59 Å². The number of carbonyl (C=O) groups is 3. The number of carbonyl (C=O) groups excluding carboxylic acids is 3. The molecule has 4 aromatic rings. The van der Waals surface area contributed by atoms with Gasteiger partial charge in [-0.05, 0) is 97.8 Å². The van der Waals surface area contributed by atoms with E-state index in [-0.39, 0.29) is 11.5 Å². The second-order valence-corrected chi connectivity index (χ2v) is 15.4. The van der Waals surface area contributed by atoms with Crippen LogP contribution < -0.4 is 24.3 Å². The molecule has 0 bridgehead atoms. The molecule has 1 amide bonds. The summed E-state index contributed by atoms with van der Waals surface area (Å²) in [7, 11) is 0. The fourth-order valence-corrected chi connectivity index (χ4v) is 6.78. The van der Waals surface area contributed by atoms with Gasteiger partial charge in [0.2, 0.25) is 0 Å². The Morgan fingerprint density at radius 1 is 0.407 bits per heavy atom. The number of hydrogen-bond donors (Lipinski definition) is 1. The first-order chi connectivity index (χ1) is 28.9. The van der Waals surface area contributed by atoms with Crippen LogP contribution in [-0.4, -0.2) is 31.1 Å². The topological polar surface area (TPSA) is 100 Å². The van der Waals surface area contributed by atoms with E-state index >= 15 is 0 Å². The first-order valence-corrected chi connectivity index (χ1v) is 22.4. The third kappa shape index (κ3) is 19.0. The zero-order chi connectivity index (χ0) is 41.8.